The lowest BCUT2D eigenvalue weighted by atomic mass is 9.83. The van der Waals surface area contributed by atoms with E-state index in [0.717, 1.165) is 39.4 Å². The van der Waals surface area contributed by atoms with E-state index in [2.05, 4.69) is 155 Å². The predicted octanol–water partition coefficient (Wildman–Crippen LogP) is 10.2. The van der Waals surface area contributed by atoms with Gasteiger partial charge in [-0.1, -0.05) is 121 Å². The zero-order chi connectivity index (χ0) is 32.6. The average Bonchev–Trinajstić information content (AvgIpc) is 3.14. The van der Waals surface area contributed by atoms with Crippen LogP contribution in [0.4, 0.5) is 28.4 Å². The standard InChI is InChI=1S/C44H36N4/c45-43(27-29-44(46,30-28-43)48(40-17-5-2-6-18-40)42-24-20-34-12-8-10-14-36(34)32-42)37-21-25-39(26-22-37)47(38-15-3-1-4-16-38)41-23-19-33-11-7-9-13-35(33)31-41/h1-32H,45-46H2. The summed E-state index contributed by atoms with van der Waals surface area (Å²) in [5.41, 5.74) is 18.8. The van der Waals surface area contributed by atoms with E-state index in [-0.39, 0.29) is 0 Å². The second kappa shape index (κ2) is 12.0. The first-order valence-electron chi connectivity index (χ1n) is 16.3. The summed E-state index contributed by atoms with van der Waals surface area (Å²) in [6.45, 7) is 0. The van der Waals surface area contributed by atoms with Crippen LogP contribution in [0.1, 0.15) is 5.56 Å². The zero-order valence-corrected chi connectivity index (χ0v) is 26.5. The second-order valence-corrected chi connectivity index (χ2v) is 12.4. The van der Waals surface area contributed by atoms with Crippen molar-refractivity contribution >= 4 is 50.0 Å². The van der Waals surface area contributed by atoms with Crippen LogP contribution in [0.3, 0.4) is 0 Å². The minimum Gasteiger partial charge on any atom is -0.316 e. The quantitative estimate of drug-likeness (QED) is 0.138. The molecular formula is C44H36N4. The molecule has 232 valence electrons. The van der Waals surface area contributed by atoms with Crippen molar-refractivity contribution in [1.29, 1.82) is 0 Å². The summed E-state index contributed by atoms with van der Waals surface area (Å²) in [5.74, 6) is 0. The maximum atomic E-state index is 7.23. The Morgan fingerprint density at radius 1 is 0.354 bits per heavy atom. The third-order valence-corrected chi connectivity index (χ3v) is 9.28. The summed E-state index contributed by atoms with van der Waals surface area (Å²) in [6.07, 6.45) is 8.09. The molecule has 1 aliphatic carbocycles. The molecule has 0 saturated carbocycles. The highest BCUT2D eigenvalue weighted by Crippen LogP contribution is 2.40. The van der Waals surface area contributed by atoms with Gasteiger partial charge in [0.15, 0.2) is 0 Å². The van der Waals surface area contributed by atoms with E-state index in [1.165, 1.54) is 16.2 Å². The maximum absolute atomic E-state index is 7.23. The van der Waals surface area contributed by atoms with Gasteiger partial charge in [-0.15, -0.1) is 0 Å². The lowest BCUT2D eigenvalue weighted by molar-refractivity contribution is 0.603. The van der Waals surface area contributed by atoms with E-state index >= 15 is 0 Å². The first kappa shape index (κ1) is 29.5. The molecule has 4 heteroatoms. The van der Waals surface area contributed by atoms with E-state index in [1.807, 2.05) is 48.6 Å². The van der Waals surface area contributed by atoms with Crippen LogP contribution in [0.2, 0.25) is 0 Å². The van der Waals surface area contributed by atoms with Crippen molar-refractivity contribution in [3.8, 4) is 0 Å². The molecule has 0 amide bonds. The minimum absolute atomic E-state index is 0.826. The fraction of sp³-hybridized carbons (Fsp3) is 0.0455. The number of fused-ring (bicyclic) bond motifs is 2. The third kappa shape index (κ3) is 5.43. The van der Waals surface area contributed by atoms with Gasteiger partial charge in [-0.2, -0.15) is 0 Å². The number of hydrogen-bond acceptors (Lipinski definition) is 4. The summed E-state index contributed by atoms with van der Waals surface area (Å²) < 4.78 is 0. The van der Waals surface area contributed by atoms with Gasteiger partial charge < -0.3 is 21.3 Å². The molecule has 8 rings (SSSR count). The molecule has 0 heterocycles. The van der Waals surface area contributed by atoms with Crippen LogP contribution in [0.5, 0.6) is 0 Å². The van der Waals surface area contributed by atoms with Gasteiger partial charge in [0.1, 0.15) is 5.66 Å². The molecular weight excluding hydrogens is 585 g/mol. The Morgan fingerprint density at radius 3 is 1.38 bits per heavy atom. The molecule has 4 nitrogen and oxygen atoms in total. The first-order valence-corrected chi connectivity index (χ1v) is 16.3. The highest BCUT2D eigenvalue weighted by Gasteiger charge is 2.35. The topological polar surface area (TPSA) is 58.5 Å². The molecule has 1 aliphatic rings. The highest BCUT2D eigenvalue weighted by molar-refractivity contribution is 5.90. The number of nitrogens with two attached hydrogens (primary N) is 2. The summed E-state index contributed by atoms with van der Waals surface area (Å²) in [4.78, 5) is 4.44. The van der Waals surface area contributed by atoms with E-state index < -0.39 is 11.2 Å². The monoisotopic (exact) mass is 620 g/mol. The van der Waals surface area contributed by atoms with Crippen molar-refractivity contribution in [1.82, 2.24) is 0 Å². The molecule has 0 fully saturated rings. The largest absolute Gasteiger partial charge is 0.316 e. The van der Waals surface area contributed by atoms with Crippen molar-refractivity contribution < 1.29 is 0 Å². The van der Waals surface area contributed by atoms with Crippen molar-refractivity contribution in [2.75, 3.05) is 9.80 Å². The number of para-hydroxylation sites is 2. The smallest absolute Gasteiger partial charge is 0.131 e. The summed E-state index contributed by atoms with van der Waals surface area (Å²) >= 11 is 0. The molecule has 7 aromatic carbocycles. The predicted molar refractivity (Wildman–Crippen MR) is 202 cm³/mol. The Bertz CT molecular complexity index is 2260. The number of nitrogens with zero attached hydrogens (tertiary/aromatic N) is 2. The van der Waals surface area contributed by atoms with Crippen LogP contribution >= 0.6 is 0 Å². The van der Waals surface area contributed by atoms with E-state index in [4.69, 9.17) is 11.5 Å². The van der Waals surface area contributed by atoms with Gasteiger partial charge in [0.2, 0.25) is 0 Å². The molecule has 0 aliphatic heterocycles. The van der Waals surface area contributed by atoms with Gasteiger partial charge in [-0.05, 0) is 99.9 Å². The highest BCUT2D eigenvalue weighted by atomic mass is 15.3. The SMILES string of the molecule is NC1(c2ccc(N(c3ccccc3)c3ccc4ccccc4c3)cc2)C=CC(N)(N(c2ccccc2)c2ccc3ccccc3c2)C=C1. The molecule has 48 heavy (non-hydrogen) atoms. The fourth-order valence-corrected chi connectivity index (χ4v) is 6.72. The van der Waals surface area contributed by atoms with Gasteiger partial charge in [0.05, 0.1) is 5.54 Å². The van der Waals surface area contributed by atoms with Gasteiger partial charge in [-0.3, -0.25) is 0 Å². The van der Waals surface area contributed by atoms with Crippen molar-refractivity contribution in [2.45, 2.75) is 11.2 Å². The Balaban J connectivity index is 1.13. The molecule has 0 atom stereocenters. The van der Waals surface area contributed by atoms with E-state index in [1.54, 1.807) is 0 Å². The van der Waals surface area contributed by atoms with Crippen LogP contribution in [-0.4, -0.2) is 5.66 Å². The van der Waals surface area contributed by atoms with E-state index in [9.17, 15) is 0 Å². The zero-order valence-electron chi connectivity index (χ0n) is 26.5. The molecule has 0 unspecified atom stereocenters. The van der Waals surface area contributed by atoms with Gasteiger partial charge in [0, 0.05) is 28.4 Å². The maximum Gasteiger partial charge on any atom is 0.131 e. The fourth-order valence-electron chi connectivity index (χ4n) is 6.72. The molecule has 0 saturated heterocycles. The second-order valence-electron chi connectivity index (χ2n) is 12.4. The lowest BCUT2D eigenvalue weighted by Crippen LogP contribution is -2.53. The van der Waals surface area contributed by atoms with Crippen molar-refractivity contribution in [3.63, 3.8) is 0 Å². The number of hydrogen-bond donors (Lipinski definition) is 2. The number of benzene rings is 7. The van der Waals surface area contributed by atoms with Gasteiger partial charge >= 0.3 is 0 Å². The third-order valence-electron chi connectivity index (χ3n) is 9.28. The molecule has 0 aromatic heterocycles. The van der Waals surface area contributed by atoms with Crippen molar-refractivity contribution in [3.05, 3.63) is 200 Å². The summed E-state index contributed by atoms with van der Waals surface area (Å²) in [5, 5.41) is 4.76. The van der Waals surface area contributed by atoms with Crippen LogP contribution in [0.15, 0.2) is 194 Å². The van der Waals surface area contributed by atoms with Gasteiger partial charge in [-0.25, -0.2) is 0 Å². The van der Waals surface area contributed by atoms with Crippen LogP contribution < -0.4 is 21.3 Å². The Hall–Kier alpha value is -5.94. The minimum atomic E-state index is -0.938. The molecule has 0 radical (unpaired) electrons. The number of anilines is 5. The molecule has 0 bridgehead atoms. The van der Waals surface area contributed by atoms with Crippen LogP contribution in [0, 0.1) is 0 Å². The molecule has 0 spiro atoms. The Kier molecular flexibility index (Phi) is 7.37. The first-order chi connectivity index (χ1) is 23.5. The molecule has 4 N–H and O–H groups in total. The average molecular weight is 621 g/mol. The molecule has 7 aromatic rings. The Morgan fingerprint density at radius 2 is 0.792 bits per heavy atom. The lowest BCUT2D eigenvalue weighted by Gasteiger charge is -2.42. The summed E-state index contributed by atoms with van der Waals surface area (Å²) in [6, 6.07) is 59.1. The van der Waals surface area contributed by atoms with Gasteiger partial charge in [0.25, 0.3) is 0 Å². The van der Waals surface area contributed by atoms with Crippen molar-refractivity contribution in [2.24, 2.45) is 11.5 Å². The Labute approximate surface area is 281 Å². The van der Waals surface area contributed by atoms with Crippen LogP contribution in [-0.2, 0) is 5.54 Å². The summed E-state index contributed by atoms with van der Waals surface area (Å²) in [7, 11) is 0. The number of rotatable bonds is 7. The normalized spacial score (nSPS) is 18.6. The van der Waals surface area contributed by atoms with E-state index in [0.29, 0.717) is 0 Å². The van der Waals surface area contributed by atoms with Crippen LogP contribution in [0.25, 0.3) is 21.5 Å².